The van der Waals surface area contributed by atoms with Crippen molar-refractivity contribution in [2.75, 3.05) is 0 Å². The Morgan fingerprint density at radius 1 is 0.223 bits per heavy atom. The number of para-hydroxylation sites is 6. The summed E-state index contributed by atoms with van der Waals surface area (Å²) in [6.45, 7) is 4.42. The topological polar surface area (TPSA) is 215 Å². The van der Waals surface area contributed by atoms with E-state index in [1.807, 2.05) is 232 Å². The van der Waals surface area contributed by atoms with E-state index in [9.17, 15) is 46.5 Å². The van der Waals surface area contributed by atoms with E-state index in [1.165, 1.54) is 70.8 Å². The second-order valence-electron chi connectivity index (χ2n) is 32.1. The zero-order valence-corrected chi connectivity index (χ0v) is 69.2. The molecule has 0 saturated heterocycles. The van der Waals surface area contributed by atoms with Gasteiger partial charge in [0.1, 0.15) is 36.2 Å². The van der Waals surface area contributed by atoms with Gasteiger partial charge in [-0.05, 0) is 166 Å². The van der Waals surface area contributed by atoms with Crippen LogP contribution >= 0.6 is 0 Å². The first-order valence-electron chi connectivity index (χ1n) is 41.5. The van der Waals surface area contributed by atoms with E-state index >= 15 is 13.2 Å². The predicted octanol–water partition coefficient (Wildman–Crippen LogP) is 27.4. The molecule has 0 radical (unpaired) electrons. The molecule has 1 aliphatic rings. The standard InChI is InChI=1S/C32H17FN4.C32H18FN3.C29H18FN3.C20H10FN3/c33-27-17-30(21(19-35)16-20(27)18-34)37-29-13-7-5-11-24(29)26-15-14-25-23-10-4-6-12-28(23)36(31(25)32(26)37)22-8-2-1-3-9-22;33-32-26(20-35)15-21(19-34)16-31(32)36-29-13-11-24(22-7-3-1-4-8-22)17-27(29)28-18-25(12-14-30(28)36)23-9-5-2-6-10-23;1-29(2)23-9-5-3-7-19(23)21-13-22-20-8-4-6-10-25(20)33(26(22)14-24(21)29)27-12-17(15-31)11-18(16-32)28(27)30;21-20-14(12-23)9-13(11-22)10-19(20)24-17-7-3-1-5-15(17)16-6-2-4-8-18(16)24/h1-17H;1-18H;3-14H,1-2H3;1-10H. The molecule has 5 aromatic heterocycles. The molecule has 0 saturated carbocycles. The van der Waals surface area contributed by atoms with Gasteiger partial charge in [-0.1, -0.05) is 232 Å². The Kier molecular flexibility index (Phi) is 19.8. The average Bonchev–Trinajstić information content (AvgIpc) is 1.56. The first kappa shape index (κ1) is 79.8. The number of benzene rings is 17. The van der Waals surface area contributed by atoms with E-state index < -0.39 is 23.3 Å². The largest absolute Gasteiger partial charge is 0.307 e. The van der Waals surface area contributed by atoms with Crippen molar-refractivity contribution in [3.63, 3.8) is 0 Å². The molecule has 0 bridgehead atoms. The fourth-order valence-corrected chi connectivity index (χ4v) is 18.8. The third kappa shape index (κ3) is 13.0. The second kappa shape index (κ2) is 32.2. The highest BCUT2D eigenvalue weighted by Crippen LogP contribution is 2.52. The van der Waals surface area contributed by atoms with E-state index in [4.69, 9.17) is 0 Å². The number of nitriles is 8. The van der Waals surface area contributed by atoms with Crippen molar-refractivity contribution >= 4 is 109 Å². The van der Waals surface area contributed by atoms with E-state index in [-0.39, 0.29) is 67.0 Å². The zero-order valence-electron chi connectivity index (χ0n) is 69.2. The molecule has 0 atom stereocenters. The Balaban J connectivity index is 0.000000110. The first-order chi connectivity index (χ1) is 63.6. The van der Waals surface area contributed by atoms with Gasteiger partial charge >= 0.3 is 0 Å². The number of hydrogen-bond acceptors (Lipinski definition) is 8. The lowest BCUT2D eigenvalue weighted by Crippen LogP contribution is -2.15. The Morgan fingerprint density at radius 3 is 1.00 bits per heavy atom. The zero-order chi connectivity index (χ0) is 89.3. The molecule has 130 heavy (non-hydrogen) atoms. The van der Waals surface area contributed by atoms with Crippen molar-refractivity contribution in [1.82, 2.24) is 22.8 Å². The van der Waals surface area contributed by atoms with Crippen LogP contribution in [0.25, 0.3) is 171 Å². The van der Waals surface area contributed by atoms with Gasteiger partial charge in [0.05, 0.1) is 141 Å². The maximum absolute atomic E-state index is 15.5. The van der Waals surface area contributed by atoms with Crippen LogP contribution in [0.2, 0.25) is 0 Å². The quantitative estimate of drug-likeness (QED) is 0.140. The molecular formula is C113H63F4N13. The third-order valence-corrected chi connectivity index (χ3v) is 24.6. The molecule has 0 fully saturated rings. The summed E-state index contributed by atoms with van der Waals surface area (Å²) in [6.07, 6.45) is 0. The summed E-state index contributed by atoms with van der Waals surface area (Å²) in [6, 6.07) is 126. The molecule has 0 N–H and O–H groups in total. The van der Waals surface area contributed by atoms with Gasteiger partial charge < -0.3 is 22.8 Å². The van der Waals surface area contributed by atoms with E-state index in [0.717, 1.165) is 137 Å². The molecule has 17 heteroatoms. The summed E-state index contributed by atoms with van der Waals surface area (Å²) >= 11 is 0. The number of halogens is 4. The maximum atomic E-state index is 15.5. The van der Waals surface area contributed by atoms with Crippen LogP contribution in [0, 0.1) is 114 Å². The minimum absolute atomic E-state index is 0.133. The van der Waals surface area contributed by atoms with E-state index in [1.54, 1.807) is 4.57 Å². The van der Waals surface area contributed by atoms with Crippen molar-refractivity contribution in [3.8, 4) is 110 Å². The van der Waals surface area contributed by atoms with E-state index in [0.29, 0.717) is 5.69 Å². The summed E-state index contributed by atoms with van der Waals surface area (Å²) in [5, 5.41) is 85.9. The van der Waals surface area contributed by atoms with Crippen LogP contribution in [0.15, 0.2) is 346 Å². The summed E-state index contributed by atoms with van der Waals surface area (Å²) in [4.78, 5) is 0. The monoisotopic (exact) mass is 1680 g/mol. The maximum Gasteiger partial charge on any atom is 0.165 e. The summed E-state index contributed by atoms with van der Waals surface area (Å²) in [7, 11) is 0. The molecular weight excluding hydrogens is 1620 g/mol. The van der Waals surface area contributed by atoms with Crippen molar-refractivity contribution in [2.24, 2.45) is 0 Å². The SMILES string of the molecule is CC1(C)c2ccccc2-c2cc3c4ccccc4n(-c4cc(C#N)cc(C#N)c4F)c3cc21.N#Cc1cc(C#N)c(-n2c3ccccc3c3ccc4c5ccccc5n(-c5ccccc5)c4c32)cc1F.N#Cc1cc(C#N)c(F)c(-n2c3ccc(-c4ccccc4)cc3c3cc(-c4ccccc4)ccc32)c1.N#Cc1cc(C#N)c(F)c(-n2c3ccccc3c3ccccc32)c1. The Labute approximate surface area is 741 Å². The fraction of sp³-hybridized carbons (Fsp3) is 0.0265. The number of fused-ring (bicyclic) bond motifs is 19. The van der Waals surface area contributed by atoms with Gasteiger partial charge in [0.15, 0.2) is 17.5 Å². The van der Waals surface area contributed by atoms with Gasteiger partial charge in [-0.25, -0.2) is 17.6 Å². The molecule has 22 aromatic rings. The van der Waals surface area contributed by atoms with Crippen LogP contribution in [-0.2, 0) is 5.41 Å². The molecule has 0 aliphatic heterocycles. The summed E-state index contributed by atoms with van der Waals surface area (Å²) < 4.78 is 70.6. The average molecular weight is 1680 g/mol. The Morgan fingerprint density at radius 2 is 0.569 bits per heavy atom. The lowest BCUT2D eigenvalue weighted by molar-refractivity contribution is 0.616. The van der Waals surface area contributed by atoms with Gasteiger partial charge in [0, 0.05) is 71.0 Å². The summed E-state index contributed by atoms with van der Waals surface area (Å²) in [5.74, 6) is -2.54. The third-order valence-electron chi connectivity index (χ3n) is 24.6. The van der Waals surface area contributed by atoms with Crippen molar-refractivity contribution in [3.05, 3.63) is 425 Å². The highest BCUT2D eigenvalue weighted by Gasteiger charge is 2.37. The first-order valence-corrected chi connectivity index (χ1v) is 41.5. The number of rotatable bonds is 7. The van der Waals surface area contributed by atoms with Crippen molar-refractivity contribution in [1.29, 1.82) is 42.1 Å². The molecule has 13 nitrogen and oxygen atoms in total. The number of hydrogen-bond donors (Lipinski definition) is 0. The molecule has 23 rings (SSSR count). The van der Waals surface area contributed by atoms with E-state index in [2.05, 4.69) is 146 Å². The van der Waals surface area contributed by atoms with Gasteiger partial charge in [0.2, 0.25) is 0 Å². The Bertz CT molecular complexity index is 8790. The molecule has 0 amide bonds. The number of aromatic nitrogens is 5. The van der Waals surface area contributed by atoms with Crippen LogP contribution in [-0.4, -0.2) is 22.8 Å². The molecule has 1 aliphatic carbocycles. The van der Waals surface area contributed by atoms with Crippen LogP contribution in [0.4, 0.5) is 17.6 Å². The van der Waals surface area contributed by atoms with Crippen LogP contribution in [0.1, 0.15) is 69.5 Å². The molecule has 0 spiro atoms. The van der Waals surface area contributed by atoms with Gasteiger partial charge in [0.25, 0.3) is 0 Å². The van der Waals surface area contributed by atoms with Crippen LogP contribution in [0.3, 0.4) is 0 Å². The molecule has 608 valence electrons. The normalized spacial score (nSPS) is 11.6. The van der Waals surface area contributed by atoms with Crippen molar-refractivity contribution < 1.29 is 17.6 Å². The smallest absolute Gasteiger partial charge is 0.165 e. The highest BCUT2D eigenvalue weighted by molar-refractivity contribution is 6.24. The molecule has 0 unspecified atom stereocenters. The fourth-order valence-electron chi connectivity index (χ4n) is 18.8. The lowest BCUT2D eigenvalue weighted by atomic mass is 9.82. The Hall–Kier alpha value is -18.6. The van der Waals surface area contributed by atoms with Crippen molar-refractivity contribution in [2.45, 2.75) is 19.3 Å². The van der Waals surface area contributed by atoms with Crippen LogP contribution < -0.4 is 0 Å². The molecule has 5 heterocycles. The van der Waals surface area contributed by atoms with Gasteiger partial charge in [-0.15, -0.1) is 0 Å². The molecule has 17 aromatic carbocycles. The number of nitrogens with zero attached hydrogens (tertiary/aromatic N) is 13. The minimum atomic E-state index is -0.654. The second-order valence-corrected chi connectivity index (χ2v) is 32.1. The highest BCUT2D eigenvalue weighted by atomic mass is 19.1. The minimum Gasteiger partial charge on any atom is -0.307 e. The van der Waals surface area contributed by atoms with Gasteiger partial charge in [-0.3, -0.25) is 0 Å². The lowest BCUT2D eigenvalue weighted by Gasteiger charge is -2.21. The summed E-state index contributed by atoms with van der Waals surface area (Å²) in [5.41, 5.74) is 20.1. The predicted molar refractivity (Wildman–Crippen MR) is 503 cm³/mol. The van der Waals surface area contributed by atoms with Gasteiger partial charge in [-0.2, -0.15) is 42.1 Å². The van der Waals surface area contributed by atoms with Crippen LogP contribution in [0.5, 0.6) is 0 Å².